The van der Waals surface area contributed by atoms with Crippen molar-refractivity contribution in [2.24, 2.45) is 0 Å². The molecule has 0 saturated heterocycles. The van der Waals surface area contributed by atoms with Crippen LogP contribution in [0.5, 0.6) is 0 Å². The van der Waals surface area contributed by atoms with E-state index in [1.807, 2.05) is 42.6 Å². The third-order valence-corrected chi connectivity index (χ3v) is 6.79. The molecular formula is C19H18N6OS2. The molecule has 1 aliphatic rings. The highest BCUT2D eigenvalue weighted by atomic mass is 32.2. The maximum Gasteiger partial charge on any atom is 0.260 e. The Labute approximate surface area is 169 Å². The summed E-state index contributed by atoms with van der Waals surface area (Å²) in [6.07, 6.45) is 2.23. The Kier molecular flexibility index (Phi) is 4.21. The largest absolute Gasteiger partial charge is 0.336 e. The minimum Gasteiger partial charge on any atom is -0.336 e. The molecule has 3 aromatic heterocycles. The zero-order chi connectivity index (χ0) is 19.3. The van der Waals surface area contributed by atoms with Crippen LogP contribution in [-0.4, -0.2) is 24.8 Å². The summed E-state index contributed by atoms with van der Waals surface area (Å²) in [5.41, 5.74) is 1.80. The van der Waals surface area contributed by atoms with E-state index in [9.17, 15) is 4.79 Å². The molecule has 1 aliphatic carbocycles. The molecule has 142 valence electrons. The van der Waals surface area contributed by atoms with Crippen LogP contribution in [0.1, 0.15) is 42.6 Å². The zero-order valence-electron chi connectivity index (χ0n) is 15.1. The summed E-state index contributed by atoms with van der Waals surface area (Å²) in [4.78, 5) is 21.2. The van der Waals surface area contributed by atoms with Crippen molar-refractivity contribution in [3.05, 3.63) is 57.7 Å². The lowest BCUT2D eigenvalue weighted by Gasteiger charge is -2.10. The molecule has 0 amide bonds. The fourth-order valence-electron chi connectivity index (χ4n) is 3.19. The summed E-state index contributed by atoms with van der Waals surface area (Å²) in [6.45, 7) is 1.98. The van der Waals surface area contributed by atoms with Gasteiger partial charge in [0.25, 0.3) is 5.56 Å². The highest BCUT2D eigenvalue weighted by molar-refractivity contribution is 7.99. The second-order valence-corrected chi connectivity index (χ2v) is 9.06. The van der Waals surface area contributed by atoms with E-state index in [0.717, 1.165) is 34.6 Å². The molecule has 0 bridgehead atoms. The van der Waals surface area contributed by atoms with Crippen LogP contribution in [-0.2, 0) is 0 Å². The third kappa shape index (κ3) is 3.00. The molecule has 1 atom stereocenters. The summed E-state index contributed by atoms with van der Waals surface area (Å²) >= 11 is 2.93. The number of fused-ring (bicyclic) bond motifs is 1. The molecule has 1 aromatic carbocycles. The van der Waals surface area contributed by atoms with Crippen molar-refractivity contribution < 1.29 is 0 Å². The number of hydrogen-bond donors (Lipinski definition) is 2. The Morgan fingerprint density at radius 2 is 2.07 bits per heavy atom. The molecule has 9 heteroatoms. The van der Waals surface area contributed by atoms with Crippen LogP contribution in [0.4, 0.5) is 0 Å². The van der Waals surface area contributed by atoms with E-state index in [4.69, 9.17) is 10.8 Å². The average molecular weight is 411 g/mol. The summed E-state index contributed by atoms with van der Waals surface area (Å²) in [5, 5.41) is 11.6. The smallest absolute Gasteiger partial charge is 0.260 e. The third-order valence-electron chi connectivity index (χ3n) is 4.85. The number of nitrogens with two attached hydrogens (primary N) is 1. The molecule has 0 spiro atoms. The first-order valence-corrected chi connectivity index (χ1v) is 10.8. The van der Waals surface area contributed by atoms with Gasteiger partial charge in [-0.15, -0.1) is 21.5 Å². The quantitative estimate of drug-likeness (QED) is 0.384. The van der Waals surface area contributed by atoms with Gasteiger partial charge in [0.1, 0.15) is 10.7 Å². The van der Waals surface area contributed by atoms with Gasteiger partial charge in [-0.05, 0) is 25.3 Å². The molecule has 1 fully saturated rings. The number of rotatable bonds is 5. The van der Waals surface area contributed by atoms with Crippen molar-refractivity contribution in [3.8, 4) is 11.1 Å². The summed E-state index contributed by atoms with van der Waals surface area (Å²) in [7, 11) is 0. The van der Waals surface area contributed by atoms with E-state index in [-0.39, 0.29) is 10.8 Å². The fourth-order valence-corrected chi connectivity index (χ4v) is 4.98. The van der Waals surface area contributed by atoms with Gasteiger partial charge in [-0.1, -0.05) is 42.1 Å². The SMILES string of the molecule is CC(Sc1nnc(C2CC2)n1N)c1nc2scc(-c3ccccc3)c2c(=O)[nH]1. The summed E-state index contributed by atoms with van der Waals surface area (Å²) in [5.74, 6) is 8.01. The van der Waals surface area contributed by atoms with Crippen molar-refractivity contribution in [3.63, 3.8) is 0 Å². The van der Waals surface area contributed by atoms with Crippen LogP contribution >= 0.6 is 23.1 Å². The highest BCUT2D eigenvalue weighted by Gasteiger charge is 2.30. The van der Waals surface area contributed by atoms with Gasteiger partial charge in [-0.3, -0.25) is 4.79 Å². The average Bonchev–Trinajstić information content (AvgIpc) is 3.35. The Morgan fingerprint density at radius 3 is 2.82 bits per heavy atom. The number of nitrogen functional groups attached to an aromatic ring is 1. The van der Waals surface area contributed by atoms with E-state index in [2.05, 4.69) is 15.2 Å². The van der Waals surface area contributed by atoms with Crippen molar-refractivity contribution in [2.75, 3.05) is 5.84 Å². The fraction of sp³-hybridized carbons (Fsp3) is 0.263. The predicted molar refractivity (Wildman–Crippen MR) is 112 cm³/mol. The van der Waals surface area contributed by atoms with Crippen molar-refractivity contribution in [2.45, 2.75) is 36.1 Å². The number of hydrogen-bond acceptors (Lipinski definition) is 7. The number of aromatic amines is 1. The molecule has 1 unspecified atom stereocenters. The molecule has 1 saturated carbocycles. The van der Waals surface area contributed by atoms with Gasteiger partial charge >= 0.3 is 0 Å². The summed E-state index contributed by atoms with van der Waals surface area (Å²) in [6, 6.07) is 9.89. The Balaban J connectivity index is 1.47. The zero-order valence-corrected chi connectivity index (χ0v) is 16.8. The van der Waals surface area contributed by atoms with Gasteiger partial charge < -0.3 is 10.8 Å². The van der Waals surface area contributed by atoms with E-state index in [1.165, 1.54) is 23.1 Å². The predicted octanol–water partition coefficient (Wildman–Crippen LogP) is 3.69. The lowest BCUT2D eigenvalue weighted by atomic mass is 10.1. The van der Waals surface area contributed by atoms with Gasteiger partial charge in [0.05, 0.1) is 10.6 Å². The van der Waals surface area contributed by atoms with Gasteiger partial charge in [0.15, 0.2) is 5.82 Å². The minimum absolute atomic E-state index is 0.113. The maximum absolute atomic E-state index is 12.8. The highest BCUT2D eigenvalue weighted by Crippen LogP contribution is 2.40. The first-order chi connectivity index (χ1) is 13.6. The molecular weight excluding hydrogens is 392 g/mol. The molecule has 3 N–H and O–H groups in total. The van der Waals surface area contributed by atoms with Crippen LogP contribution < -0.4 is 11.4 Å². The number of thioether (sulfide) groups is 1. The number of benzene rings is 1. The standard InChI is InChI=1S/C19H18N6OS2/c1-10(28-19-24-23-16(25(19)20)12-7-8-12)15-21-17(26)14-13(9-27-18(14)22-15)11-5-3-2-4-6-11/h2-6,9-10,12H,7-8,20H2,1H3,(H,21,22,26). The number of nitrogens with zero attached hydrogens (tertiary/aromatic N) is 4. The van der Waals surface area contributed by atoms with Gasteiger partial charge in [-0.25, -0.2) is 9.66 Å². The van der Waals surface area contributed by atoms with E-state index in [1.54, 1.807) is 4.68 Å². The minimum atomic E-state index is -0.125. The van der Waals surface area contributed by atoms with Crippen LogP contribution in [0.2, 0.25) is 0 Å². The monoisotopic (exact) mass is 410 g/mol. The number of aromatic nitrogens is 5. The van der Waals surface area contributed by atoms with E-state index < -0.39 is 0 Å². The van der Waals surface area contributed by atoms with Crippen molar-refractivity contribution >= 4 is 33.3 Å². The molecule has 0 aliphatic heterocycles. The molecule has 7 nitrogen and oxygen atoms in total. The first-order valence-electron chi connectivity index (χ1n) is 9.05. The second-order valence-electron chi connectivity index (χ2n) is 6.89. The number of thiophene rings is 1. The summed E-state index contributed by atoms with van der Waals surface area (Å²) < 4.78 is 1.56. The normalized spacial score (nSPS) is 15.2. The van der Waals surface area contributed by atoms with Crippen LogP contribution in [0, 0.1) is 0 Å². The van der Waals surface area contributed by atoms with Crippen LogP contribution in [0.3, 0.4) is 0 Å². The number of H-pyrrole nitrogens is 1. The molecule has 3 heterocycles. The topological polar surface area (TPSA) is 102 Å². The lowest BCUT2D eigenvalue weighted by molar-refractivity contribution is 0.785. The maximum atomic E-state index is 12.8. The Morgan fingerprint density at radius 1 is 1.29 bits per heavy atom. The number of nitrogens with one attached hydrogen (secondary N) is 1. The molecule has 28 heavy (non-hydrogen) atoms. The Hall–Kier alpha value is -2.65. The molecule has 4 aromatic rings. The van der Waals surface area contributed by atoms with Gasteiger partial charge in [-0.2, -0.15) is 0 Å². The van der Waals surface area contributed by atoms with Crippen molar-refractivity contribution in [1.82, 2.24) is 24.8 Å². The van der Waals surface area contributed by atoms with Crippen LogP contribution in [0.15, 0.2) is 45.7 Å². The van der Waals surface area contributed by atoms with E-state index >= 15 is 0 Å². The first kappa shape index (κ1) is 17.4. The van der Waals surface area contributed by atoms with Gasteiger partial charge in [0, 0.05) is 16.9 Å². The molecule has 0 radical (unpaired) electrons. The molecule has 5 rings (SSSR count). The van der Waals surface area contributed by atoms with Crippen LogP contribution in [0.25, 0.3) is 21.3 Å². The Bertz CT molecular complexity index is 1210. The van der Waals surface area contributed by atoms with Crippen molar-refractivity contribution in [1.29, 1.82) is 0 Å². The lowest BCUT2D eigenvalue weighted by Crippen LogP contribution is -2.15. The van der Waals surface area contributed by atoms with E-state index in [0.29, 0.717) is 22.3 Å². The van der Waals surface area contributed by atoms with Gasteiger partial charge in [0.2, 0.25) is 5.16 Å². The second kappa shape index (κ2) is 6.75.